The maximum atomic E-state index is 8.80. The van der Waals surface area contributed by atoms with E-state index in [-0.39, 0.29) is 6.61 Å². The van der Waals surface area contributed by atoms with E-state index in [9.17, 15) is 0 Å². The van der Waals surface area contributed by atoms with Crippen LogP contribution in [0.25, 0.3) is 17.5 Å². The quantitative estimate of drug-likeness (QED) is 0.575. The molecule has 0 aliphatic heterocycles. The lowest BCUT2D eigenvalue weighted by Gasteiger charge is -2.04. The van der Waals surface area contributed by atoms with Gasteiger partial charge >= 0.3 is 0 Å². The predicted octanol–water partition coefficient (Wildman–Crippen LogP) is 4.05. The number of hydrogen-bond acceptors (Lipinski definition) is 6. The average Bonchev–Trinajstić information content (AvgIpc) is 3.16. The van der Waals surface area contributed by atoms with Gasteiger partial charge in [-0.05, 0) is 29.8 Å². The van der Waals surface area contributed by atoms with Gasteiger partial charge in [-0.3, -0.25) is 0 Å². The Labute approximate surface area is 156 Å². The molecule has 5 nitrogen and oxygen atoms in total. The number of nitrogens with zero attached hydrogens (tertiary/aromatic N) is 2. The molecule has 134 valence electrons. The number of aliphatic hydroxyl groups excluding tert-OH is 1. The Morgan fingerprint density at radius 3 is 2.62 bits per heavy atom. The average molecular weight is 368 g/mol. The van der Waals surface area contributed by atoms with E-state index in [0.717, 1.165) is 22.6 Å². The maximum Gasteiger partial charge on any atom is 0.247 e. The summed E-state index contributed by atoms with van der Waals surface area (Å²) in [5.41, 5.74) is 1.89. The number of para-hydroxylation sites is 1. The molecule has 0 saturated heterocycles. The summed E-state index contributed by atoms with van der Waals surface area (Å²) in [6.45, 7) is 0.668. The molecular weight excluding hydrogens is 348 g/mol. The molecule has 0 fully saturated rings. The normalized spacial score (nSPS) is 11.1. The van der Waals surface area contributed by atoms with Crippen LogP contribution in [0, 0.1) is 0 Å². The van der Waals surface area contributed by atoms with Crippen LogP contribution in [0.4, 0.5) is 0 Å². The highest BCUT2D eigenvalue weighted by Crippen LogP contribution is 2.21. The van der Waals surface area contributed by atoms with E-state index in [1.54, 1.807) is 17.8 Å². The number of thioether (sulfide) groups is 1. The molecule has 1 aromatic heterocycles. The van der Waals surface area contributed by atoms with E-state index in [0.29, 0.717) is 24.1 Å². The number of hydrogen-bond donors (Lipinski definition) is 1. The first-order valence-electron chi connectivity index (χ1n) is 8.31. The molecule has 0 aliphatic rings. The molecule has 6 heteroatoms. The topological polar surface area (TPSA) is 68.4 Å². The van der Waals surface area contributed by atoms with Crippen molar-refractivity contribution in [1.82, 2.24) is 10.2 Å². The van der Waals surface area contributed by atoms with Crippen LogP contribution < -0.4 is 4.74 Å². The van der Waals surface area contributed by atoms with Crippen LogP contribution >= 0.6 is 11.8 Å². The molecule has 0 radical (unpaired) electrons. The zero-order valence-electron chi connectivity index (χ0n) is 14.2. The molecule has 0 aliphatic carbocycles. The molecule has 0 saturated carbocycles. The fourth-order valence-electron chi connectivity index (χ4n) is 2.25. The number of ether oxygens (including phenoxy) is 1. The predicted molar refractivity (Wildman–Crippen MR) is 104 cm³/mol. The summed E-state index contributed by atoms with van der Waals surface area (Å²) in [7, 11) is 0. The fraction of sp³-hybridized carbons (Fsp3) is 0.200. The summed E-state index contributed by atoms with van der Waals surface area (Å²) in [5, 5.41) is 17.0. The maximum absolute atomic E-state index is 8.80. The second kappa shape index (κ2) is 9.79. The van der Waals surface area contributed by atoms with E-state index in [2.05, 4.69) is 10.2 Å². The Bertz CT molecular complexity index is 817. The summed E-state index contributed by atoms with van der Waals surface area (Å²) in [5.74, 6) is 3.50. The van der Waals surface area contributed by atoms with Gasteiger partial charge in [-0.25, -0.2) is 0 Å². The van der Waals surface area contributed by atoms with E-state index < -0.39 is 0 Å². The van der Waals surface area contributed by atoms with Crippen molar-refractivity contribution in [2.24, 2.45) is 0 Å². The third kappa shape index (κ3) is 5.47. The highest BCUT2D eigenvalue weighted by atomic mass is 32.2. The Kier molecular flexibility index (Phi) is 6.87. The van der Waals surface area contributed by atoms with Gasteiger partial charge in [-0.15, -0.1) is 22.0 Å². The van der Waals surface area contributed by atoms with Crippen molar-refractivity contribution in [3.05, 3.63) is 72.1 Å². The highest BCUT2D eigenvalue weighted by molar-refractivity contribution is 7.98. The van der Waals surface area contributed by atoms with E-state index in [1.807, 2.05) is 60.7 Å². The molecule has 3 rings (SSSR count). The third-order valence-electron chi connectivity index (χ3n) is 3.51. The van der Waals surface area contributed by atoms with Gasteiger partial charge < -0.3 is 14.3 Å². The Hall–Kier alpha value is -2.57. The second-order valence-electron chi connectivity index (χ2n) is 5.42. The van der Waals surface area contributed by atoms with Gasteiger partial charge in [0.2, 0.25) is 11.8 Å². The third-order valence-corrected chi connectivity index (χ3v) is 4.41. The van der Waals surface area contributed by atoms with Crippen LogP contribution in [0.3, 0.4) is 0 Å². The molecular formula is C20H20N2O3S. The highest BCUT2D eigenvalue weighted by Gasteiger charge is 2.08. The van der Waals surface area contributed by atoms with Crippen LogP contribution in [-0.4, -0.2) is 34.3 Å². The summed E-state index contributed by atoms with van der Waals surface area (Å²) in [6, 6.07) is 17.5. The van der Waals surface area contributed by atoms with Gasteiger partial charge in [-0.2, -0.15) is 0 Å². The van der Waals surface area contributed by atoms with Gasteiger partial charge in [0, 0.05) is 11.3 Å². The van der Waals surface area contributed by atoms with Crippen LogP contribution in [-0.2, 0) is 5.75 Å². The lowest BCUT2D eigenvalue weighted by Crippen LogP contribution is -2.00. The lowest BCUT2D eigenvalue weighted by molar-refractivity contribution is 0.343. The number of aliphatic hydroxyl groups is 1. The number of aromatic nitrogens is 2. The minimum absolute atomic E-state index is 0.0306. The zero-order valence-corrected chi connectivity index (χ0v) is 15.1. The van der Waals surface area contributed by atoms with Gasteiger partial charge in [0.05, 0.1) is 19.0 Å². The van der Waals surface area contributed by atoms with Crippen LogP contribution in [0.2, 0.25) is 0 Å². The number of benzene rings is 2. The van der Waals surface area contributed by atoms with Crippen molar-refractivity contribution in [3.63, 3.8) is 0 Å². The smallest absolute Gasteiger partial charge is 0.247 e. The summed E-state index contributed by atoms with van der Waals surface area (Å²) in [4.78, 5) is 0. The lowest BCUT2D eigenvalue weighted by atomic mass is 10.1. The Morgan fingerprint density at radius 2 is 1.85 bits per heavy atom. The van der Waals surface area contributed by atoms with Crippen molar-refractivity contribution < 1.29 is 14.3 Å². The SMILES string of the molecule is OC/C=C/c1ccc(-c2nnc(CSCCOc3ccccc3)o2)cc1. The molecule has 0 bridgehead atoms. The molecule has 1 heterocycles. The molecule has 3 aromatic rings. The standard InChI is InChI=1S/C20H20N2O3S/c23-12-4-5-16-8-10-17(11-9-16)20-22-21-19(25-20)15-26-14-13-24-18-6-2-1-3-7-18/h1-11,23H,12-15H2/b5-4+. The Balaban J connectivity index is 1.45. The van der Waals surface area contributed by atoms with Crippen molar-refractivity contribution in [3.8, 4) is 17.2 Å². The molecule has 0 spiro atoms. The second-order valence-corrected chi connectivity index (χ2v) is 6.53. The molecule has 0 amide bonds. The van der Waals surface area contributed by atoms with Crippen LogP contribution in [0.5, 0.6) is 5.75 Å². The van der Waals surface area contributed by atoms with Crippen LogP contribution in [0.15, 0.2) is 65.1 Å². The summed E-state index contributed by atoms with van der Waals surface area (Å²) < 4.78 is 11.4. The minimum atomic E-state index is 0.0306. The van der Waals surface area contributed by atoms with Gasteiger partial charge in [0.25, 0.3) is 0 Å². The van der Waals surface area contributed by atoms with E-state index in [4.69, 9.17) is 14.3 Å². The Morgan fingerprint density at radius 1 is 1.04 bits per heavy atom. The van der Waals surface area contributed by atoms with Crippen molar-refractivity contribution in [2.75, 3.05) is 19.0 Å². The van der Waals surface area contributed by atoms with Gasteiger partial charge in [-0.1, -0.05) is 42.5 Å². The molecule has 2 aromatic carbocycles. The van der Waals surface area contributed by atoms with Crippen molar-refractivity contribution >= 4 is 17.8 Å². The van der Waals surface area contributed by atoms with E-state index >= 15 is 0 Å². The summed E-state index contributed by atoms with van der Waals surface area (Å²) >= 11 is 1.69. The first-order valence-corrected chi connectivity index (χ1v) is 9.46. The van der Waals surface area contributed by atoms with Gasteiger partial charge in [0.15, 0.2) is 0 Å². The van der Waals surface area contributed by atoms with Gasteiger partial charge in [0.1, 0.15) is 5.75 Å². The fourth-order valence-corrected chi connectivity index (χ4v) is 2.89. The molecule has 1 N–H and O–H groups in total. The van der Waals surface area contributed by atoms with E-state index in [1.165, 1.54) is 0 Å². The summed E-state index contributed by atoms with van der Waals surface area (Å²) in [6.07, 6.45) is 3.55. The molecule has 26 heavy (non-hydrogen) atoms. The molecule has 0 atom stereocenters. The first-order chi connectivity index (χ1) is 12.8. The number of rotatable bonds is 9. The largest absolute Gasteiger partial charge is 0.493 e. The van der Waals surface area contributed by atoms with Crippen LogP contribution in [0.1, 0.15) is 11.5 Å². The minimum Gasteiger partial charge on any atom is -0.493 e. The monoisotopic (exact) mass is 368 g/mol. The first kappa shape index (κ1) is 18.2. The van der Waals surface area contributed by atoms with Crippen molar-refractivity contribution in [1.29, 1.82) is 0 Å². The van der Waals surface area contributed by atoms with Crippen molar-refractivity contribution in [2.45, 2.75) is 5.75 Å². The molecule has 0 unspecified atom stereocenters. The zero-order chi connectivity index (χ0) is 18.0.